The Kier molecular flexibility index (Phi) is 8.99. The van der Waals surface area contributed by atoms with Crippen molar-refractivity contribution in [3.8, 4) is 28.3 Å². The van der Waals surface area contributed by atoms with Crippen molar-refractivity contribution in [1.29, 1.82) is 0 Å². The number of carbonyl (C=O) groups excluding carboxylic acids is 1. The Morgan fingerprint density at radius 1 is 0.925 bits per heavy atom. The molecule has 0 bridgehead atoms. The van der Waals surface area contributed by atoms with Gasteiger partial charge in [0.15, 0.2) is 11.6 Å². The van der Waals surface area contributed by atoms with Gasteiger partial charge in [0.05, 0.1) is 23.7 Å². The molecule has 2 saturated heterocycles. The molecular formula is C40H33ClF2N5O5+. The summed E-state index contributed by atoms with van der Waals surface area (Å²) in [7, 11) is 0. The lowest BCUT2D eigenvalue weighted by molar-refractivity contribution is 0.0697. The van der Waals surface area contributed by atoms with Gasteiger partial charge in [0, 0.05) is 53.7 Å². The van der Waals surface area contributed by atoms with Crippen molar-refractivity contribution in [1.82, 2.24) is 14.5 Å². The van der Waals surface area contributed by atoms with Crippen molar-refractivity contribution in [3.63, 3.8) is 0 Å². The van der Waals surface area contributed by atoms with Crippen LogP contribution in [0.3, 0.4) is 0 Å². The van der Waals surface area contributed by atoms with Crippen molar-refractivity contribution >= 4 is 46.0 Å². The molecule has 0 spiro atoms. The minimum absolute atomic E-state index is 0.00773. The third kappa shape index (κ3) is 6.77. The molecule has 268 valence electrons. The van der Waals surface area contributed by atoms with E-state index in [2.05, 4.69) is 9.97 Å². The average Bonchev–Trinajstić information content (AvgIpc) is 3.08. The topological polar surface area (TPSA) is 135 Å². The number of aromatic nitrogens is 2. The minimum atomic E-state index is -1.24. The van der Waals surface area contributed by atoms with Crippen molar-refractivity contribution < 1.29 is 32.6 Å². The maximum absolute atomic E-state index is 15.7. The Morgan fingerprint density at radius 3 is 2.38 bits per heavy atom. The van der Waals surface area contributed by atoms with Crippen LogP contribution in [0.15, 0.2) is 77.2 Å². The molecule has 53 heavy (non-hydrogen) atoms. The predicted octanol–water partition coefficient (Wildman–Crippen LogP) is 6.99. The van der Waals surface area contributed by atoms with Crippen LogP contribution in [0, 0.1) is 11.6 Å². The molecule has 0 atom stereocenters. The molecule has 8 rings (SSSR count). The van der Waals surface area contributed by atoms with Gasteiger partial charge < -0.3 is 24.9 Å². The maximum atomic E-state index is 15.7. The number of benzene rings is 4. The summed E-state index contributed by atoms with van der Waals surface area (Å²) in [5.41, 5.74) is 8.98. The van der Waals surface area contributed by atoms with E-state index >= 15 is 8.78 Å². The van der Waals surface area contributed by atoms with E-state index in [4.69, 9.17) is 26.5 Å². The zero-order valence-electron chi connectivity index (χ0n) is 28.4. The number of fused-ring (bicyclic) bond motifs is 2. The van der Waals surface area contributed by atoms with Gasteiger partial charge >= 0.3 is 5.97 Å². The van der Waals surface area contributed by atoms with Gasteiger partial charge in [-0.2, -0.15) is 9.37 Å². The van der Waals surface area contributed by atoms with Gasteiger partial charge in [0.2, 0.25) is 17.2 Å². The van der Waals surface area contributed by atoms with Crippen LogP contribution in [-0.2, 0) is 13.0 Å². The number of hydrogen-bond acceptors (Lipinski definition) is 8. The van der Waals surface area contributed by atoms with E-state index in [0.29, 0.717) is 55.0 Å². The van der Waals surface area contributed by atoms with Crippen molar-refractivity contribution in [2.45, 2.75) is 32.3 Å². The third-order valence-electron chi connectivity index (χ3n) is 9.83. The number of carbonyl (C=O) groups is 2. The number of aromatic carboxylic acids is 1. The highest BCUT2D eigenvalue weighted by atomic mass is 35.5. The van der Waals surface area contributed by atoms with Gasteiger partial charge in [-0.15, -0.1) is 0 Å². The monoisotopic (exact) mass is 736 g/mol. The van der Waals surface area contributed by atoms with Crippen LogP contribution in [-0.4, -0.2) is 53.0 Å². The molecule has 13 heteroatoms. The summed E-state index contributed by atoms with van der Waals surface area (Å²) >= 11 is 5.92. The molecule has 0 unspecified atom stereocenters. The normalized spacial score (nSPS) is 13.9. The average molecular weight is 737 g/mol. The Bertz CT molecular complexity index is 2460. The minimum Gasteiger partial charge on any atom is -0.478 e. The van der Waals surface area contributed by atoms with Gasteiger partial charge in [-0.25, -0.2) is 18.7 Å². The standard InChI is InChI=1S/C40H32ClF2N5O5/c41-36-20-37(46-40(44)45-36)52-21-23-5-3-22(4-6-23)7-10-33(49)24-8-9-25(39(50)51)26(15-24)38-27-16-29(42)31(47-11-1-12-47)18-34(27)53-35-19-32(48-13-2-14-48)30(43)17-28(35)38/h3-6,8-9,15-20H,1-2,7,10-14,21H2,(H2-,44,45,46,50,51)/p+1. The highest BCUT2D eigenvalue weighted by molar-refractivity contribution is 6.29. The lowest BCUT2D eigenvalue weighted by atomic mass is 9.88. The highest BCUT2D eigenvalue weighted by Crippen LogP contribution is 2.44. The summed E-state index contributed by atoms with van der Waals surface area (Å²) in [6.45, 7) is 3.03. The van der Waals surface area contributed by atoms with Crippen LogP contribution in [0.2, 0.25) is 5.15 Å². The fraction of sp³-hybridized carbons (Fsp3) is 0.225. The Hall–Kier alpha value is -5.88. The second-order valence-electron chi connectivity index (χ2n) is 13.2. The number of halogens is 3. The first-order valence-corrected chi connectivity index (χ1v) is 17.6. The number of ether oxygens (including phenoxy) is 1. The summed E-state index contributed by atoms with van der Waals surface area (Å²) in [4.78, 5) is 36.0. The molecule has 3 aromatic carbocycles. The number of carboxylic acid groups (broad SMARTS) is 1. The Labute approximate surface area is 307 Å². The summed E-state index contributed by atoms with van der Waals surface area (Å²) in [5, 5.41) is 11.2. The third-order valence-corrected chi connectivity index (χ3v) is 10.0. The molecule has 0 amide bonds. The number of rotatable bonds is 10. The van der Waals surface area contributed by atoms with Crippen LogP contribution in [0.5, 0.6) is 5.88 Å². The Balaban J connectivity index is 1.13. The molecule has 4 aromatic rings. The summed E-state index contributed by atoms with van der Waals surface area (Å²) in [6, 6.07) is 19.2. The molecule has 0 radical (unpaired) electrons. The zero-order valence-corrected chi connectivity index (χ0v) is 29.1. The molecule has 3 aliphatic heterocycles. The van der Waals surface area contributed by atoms with Crippen molar-refractivity contribution in [2.24, 2.45) is 0 Å². The first kappa shape index (κ1) is 34.2. The first-order valence-electron chi connectivity index (χ1n) is 17.3. The predicted molar refractivity (Wildman–Crippen MR) is 196 cm³/mol. The second kappa shape index (κ2) is 13.9. The number of hydrogen-bond donors (Lipinski definition) is 2. The van der Waals surface area contributed by atoms with E-state index in [0.717, 1.165) is 24.0 Å². The van der Waals surface area contributed by atoms with Crippen LogP contribution in [0.1, 0.15) is 51.1 Å². The zero-order chi connectivity index (χ0) is 36.8. The largest absolute Gasteiger partial charge is 0.478 e. The molecule has 2 fully saturated rings. The molecular weight excluding hydrogens is 704 g/mol. The number of Topliss-reactive ketones (excluding diaryl/α,β-unsaturated/α-hetero) is 1. The lowest BCUT2D eigenvalue weighted by Crippen LogP contribution is -2.42. The Morgan fingerprint density at radius 2 is 1.70 bits per heavy atom. The van der Waals surface area contributed by atoms with Crippen LogP contribution >= 0.6 is 11.6 Å². The number of nitrogens with zero attached hydrogens (tertiary/aromatic N) is 4. The van der Waals surface area contributed by atoms with Gasteiger partial charge in [-0.3, -0.25) is 4.79 Å². The van der Waals surface area contributed by atoms with Crippen LogP contribution < -0.4 is 25.3 Å². The number of carboxylic acids is 1. The smallest absolute Gasteiger partial charge is 0.336 e. The van der Waals surface area contributed by atoms with E-state index in [1.54, 1.807) is 12.1 Å². The van der Waals surface area contributed by atoms with Gasteiger partial charge in [-0.05, 0) is 53.8 Å². The number of nitrogens with two attached hydrogens (primary N) is 1. The quantitative estimate of drug-likeness (QED) is 0.0661. The summed E-state index contributed by atoms with van der Waals surface area (Å²) in [5.74, 6) is -1.89. The van der Waals surface area contributed by atoms with E-state index < -0.39 is 17.6 Å². The van der Waals surface area contributed by atoms with Crippen LogP contribution in [0.25, 0.3) is 33.4 Å². The van der Waals surface area contributed by atoms with E-state index in [9.17, 15) is 14.7 Å². The fourth-order valence-electron chi connectivity index (χ4n) is 6.76. The van der Waals surface area contributed by atoms with Crippen LogP contribution in [0.4, 0.5) is 20.4 Å². The van der Waals surface area contributed by atoms with Gasteiger partial charge in [0.25, 0.3) is 0 Å². The summed E-state index contributed by atoms with van der Waals surface area (Å²) in [6.07, 6.45) is 2.43. The number of anilines is 2. The van der Waals surface area contributed by atoms with E-state index in [-0.39, 0.29) is 69.0 Å². The van der Waals surface area contributed by atoms with E-state index in [1.807, 2.05) is 33.7 Å². The fourth-order valence-corrected chi connectivity index (χ4v) is 6.94. The molecule has 0 saturated carbocycles. The molecule has 4 aliphatic rings. The maximum Gasteiger partial charge on any atom is 0.336 e. The molecule has 1 aliphatic carbocycles. The number of aryl methyl sites for hydroxylation is 1. The summed E-state index contributed by atoms with van der Waals surface area (Å²) < 4.78 is 45.4. The number of ketones is 1. The van der Waals surface area contributed by atoms with E-state index in [1.165, 1.54) is 36.4 Å². The van der Waals surface area contributed by atoms with Crippen molar-refractivity contribution in [3.05, 3.63) is 117 Å². The molecule has 10 nitrogen and oxygen atoms in total. The SMILES string of the molecule is Nc1nc(Cl)cc(OCc2ccc(CCC(=O)c3ccc(C(=O)O)c(-c4c5cc(F)c(=[N+]6CCC6)cc-5oc5cc(N6CCC6)c(F)cc45)c3)cc2)n1. The highest BCUT2D eigenvalue weighted by Gasteiger charge is 2.29. The molecule has 4 heterocycles. The molecule has 3 N–H and O–H groups in total. The lowest BCUT2D eigenvalue weighted by Gasteiger charge is -2.33. The second-order valence-corrected chi connectivity index (χ2v) is 13.6. The molecule has 1 aromatic heterocycles. The van der Waals surface area contributed by atoms with Crippen molar-refractivity contribution in [2.75, 3.05) is 36.8 Å². The van der Waals surface area contributed by atoms with Gasteiger partial charge in [0.1, 0.15) is 42.0 Å². The first-order chi connectivity index (χ1) is 25.6. The van der Waals surface area contributed by atoms with Gasteiger partial charge in [-0.1, -0.05) is 41.9 Å². The number of nitrogen functional groups attached to an aromatic ring is 1.